The molecule has 17 heavy (non-hydrogen) atoms. The molecule has 2 aliphatic carbocycles. The highest BCUT2D eigenvalue weighted by Crippen LogP contribution is 2.35. The highest BCUT2D eigenvalue weighted by molar-refractivity contribution is 5.12. The molecule has 0 aromatic carbocycles. The van der Waals surface area contributed by atoms with Crippen LogP contribution in [0.25, 0.3) is 0 Å². The maximum Gasteiger partial charge on any atom is 0.109 e. The molecule has 94 valence electrons. The second-order valence-corrected chi connectivity index (χ2v) is 5.82. The molecule has 0 unspecified atom stereocenters. The minimum Gasteiger partial charge on any atom is -0.345 e. The van der Waals surface area contributed by atoms with Crippen LogP contribution in [0.4, 0.5) is 0 Å². The van der Waals surface area contributed by atoms with Crippen molar-refractivity contribution in [1.82, 2.24) is 9.97 Å². The predicted octanol–water partition coefficient (Wildman–Crippen LogP) is 3.05. The lowest BCUT2D eigenvalue weighted by atomic mass is 9.86. The Bertz CT molecular complexity index is 357. The van der Waals surface area contributed by atoms with E-state index in [1.165, 1.54) is 50.0 Å². The average Bonchev–Trinajstić information content (AvgIpc) is 3.00. The molecule has 1 heterocycles. The van der Waals surface area contributed by atoms with Gasteiger partial charge in [-0.1, -0.05) is 12.8 Å². The van der Waals surface area contributed by atoms with Gasteiger partial charge in [0.05, 0.1) is 0 Å². The second kappa shape index (κ2) is 4.81. The van der Waals surface area contributed by atoms with E-state index < -0.39 is 0 Å². The van der Waals surface area contributed by atoms with E-state index in [9.17, 15) is 0 Å². The van der Waals surface area contributed by atoms with Crippen molar-refractivity contribution in [1.29, 1.82) is 0 Å². The summed E-state index contributed by atoms with van der Waals surface area (Å²) in [5.74, 6) is 2.60. The molecule has 3 heteroatoms. The van der Waals surface area contributed by atoms with E-state index in [1.807, 2.05) is 0 Å². The van der Waals surface area contributed by atoms with Gasteiger partial charge in [0.25, 0.3) is 0 Å². The summed E-state index contributed by atoms with van der Waals surface area (Å²) in [4.78, 5) is 8.20. The molecule has 0 saturated heterocycles. The lowest BCUT2D eigenvalue weighted by molar-refractivity contribution is 0.386. The van der Waals surface area contributed by atoms with Gasteiger partial charge in [0, 0.05) is 29.8 Å². The Morgan fingerprint density at radius 3 is 2.41 bits per heavy atom. The van der Waals surface area contributed by atoms with E-state index in [0.717, 1.165) is 18.8 Å². The molecular formula is C14H23N3. The van der Waals surface area contributed by atoms with Crippen LogP contribution in [0.15, 0.2) is 6.20 Å². The van der Waals surface area contributed by atoms with Gasteiger partial charge in [0.2, 0.25) is 0 Å². The number of nitrogens with one attached hydrogen (secondary N) is 1. The first-order valence-electron chi connectivity index (χ1n) is 7.13. The first-order chi connectivity index (χ1) is 8.33. The third kappa shape index (κ3) is 2.39. The van der Waals surface area contributed by atoms with Crippen molar-refractivity contribution < 1.29 is 0 Å². The van der Waals surface area contributed by atoms with E-state index in [0.29, 0.717) is 12.0 Å². The van der Waals surface area contributed by atoms with E-state index in [1.54, 1.807) is 0 Å². The minimum absolute atomic E-state index is 0.426. The van der Waals surface area contributed by atoms with Gasteiger partial charge in [-0.2, -0.15) is 0 Å². The average molecular weight is 233 g/mol. The molecular weight excluding hydrogens is 210 g/mol. The maximum atomic E-state index is 5.95. The standard InChI is InChI=1S/C14H23N3/c15-12-7-5-11(6-8-12)14-16-9-13(17-14)10-3-1-2-4-10/h9-12H,1-8,15H2,(H,16,17). The molecule has 0 spiro atoms. The molecule has 0 amide bonds. The van der Waals surface area contributed by atoms with Crippen LogP contribution in [-0.2, 0) is 0 Å². The van der Waals surface area contributed by atoms with Crippen LogP contribution < -0.4 is 5.73 Å². The van der Waals surface area contributed by atoms with Crippen molar-refractivity contribution in [3.8, 4) is 0 Å². The van der Waals surface area contributed by atoms with Gasteiger partial charge < -0.3 is 10.7 Å². The Labute approximate surface area is 103 Å². The van der Waals surface area contributed by atoms with Crippen molar-refractivity contribution in [2.24, 2.45) is 5.73 Å². The number of nitrogens with zero attached hydrogens (tertiary/aromatic N) is 1. The molecule has 0 bridgehead atoms. The molecule has 3 rings (SSSR count). The summed E-state index contributed by atoms with van der Waals surface area (Å²) in [5, 5.41) is 0. The number of aromatic amines is 1. The number of aromatic nitrogens is 2. The van der Waals surface area contributed by atoms with Crippen LogP contribution in [0.2, 0.25) is 0 Å². The number of rotatable bonds is 2. The number of imidazole rings is 1. The summed E-state index contributed by atoms with van der Waals surface area (Å²) in [5.41, 5.74) is 7.33. The normalized spacial score (nSPS) is 30.9. The quantitative estimate of drug-likeness (QED) is 0.825. The number of nitrogens with two attached hydrogens (primary N) is 1. The fraction of sp³-hybridized carbons (Fsp3) is 0.786. The van der Waals surface area contributed by atoms with Gasteiger partial charge >= 0.3 is 0 Å². The first kappa shape index (κ1) is 11.3. The summed E-state index contributed by atoms with van der Waals surface area (Å²) >= 11 is 0. The summed E-state index contributed by atoms with van der Waals surface area (Å²) in [6.45, 7) is 0. The largest absolute Gasteiger partial charge is 0.345 e. The van der Waals surface area contributed by atoms with Crippen molar-refractivity contribution >= 4 is 0 Å². The van der Waals surface area contributed by atoms with E-state index in [2.05, 4.69) is 16.2 Å². The van der Waals surface area contributed by atoms with Gasteiger partial charge in [0.15, 0.2) is 0 Å². The zero-order valence-corrected chi connectivity index (χ0v) is 10.5. The van der Waals surface area contributed by atoms with Crippen molar-refractivity contribution in [3.63, 3.8) is 0 Å². The summed E-state index contributed by atoms with van der Waals surface area (Å²) in [6, 6.07) is 0.426. The predicted molar refractivity (Wildman–Crippen MR) is 69.0 cm³/mol. The zero-order valence-electron chi connectivity index (χ0n) is 10.5. The fourth-order valence-corrected chi connectivity index (χ4v) is 3.40. The van der Waals surface area contributed by atoms with E-state index in [4.69, 9.17) is 5.73 Å². The molecule has 2 saturated carbocycles. The molecule has 0 atom stereocenters. The number of hydrogen-bond acceptors (Lipinski definition) is 2. The topological polar surface area (TPSA) is 54.7 Å². The molecule has 1 aromatic heterocycles. The van der Waals surface area contributed by atoms with E-state index >= 15 is 0 Å². The SMILES string of the molecule is NC1CCC(c2ncc(C3CCCC3)[nH]2)CC1. The molecule has 3 N–H and O–H groups in total. The summed E-state index contributed by atoms with van der Waals surface area (Å²) in [6.07, 6.45) is 12.3. The number of hydrogen-bond donors (Lipinski definition) is 2. The van der Waals surface area contributed by atoms with Gasteiger partial charge in [-0.15, -0.1) is 0 Å². The Morgan fingerprint density at radius 1 is 1.00 bits per heavy atom. The lowest BCUT2D eigenvalue weighted by Crippen LogP contribution is -2.26. The summed E-state index contributed by atoms with van der Waals surface area (Å²) < 4.78 is 0. The second-order valence-electron chi connectivity index (χ2n) is 5.82. The third-order valence-electron chi connectivity index (χ3n) is 4.57. The highest BCUT2D eigenvalue weighted by Gasteiger charge is 2.24. The van der Waals surface area contributed by atoms with Crippen molar-refractivity contribution in [2.45, 2.75) is 69.2 Å². The molecule has 0 radical (unpaired) electrons. The Balaban J connectivity index is 1.67. The Kier molecular flexibility index (Phi) is 3.19. The number of H-pyrrole nitrogens is 1. The van der Waals surface area contributed by atoms with Gasteiger partial charge in [-0.05, 0) is 38.5 Å². The molecule has 1 aromatic rings. The third-order valence-corrected chi connectivity index (χ3v) is 4.57. The van der Waals surface area contributed by atoms with Gasteiger partial charge in [-0.25, -0.2) is 4.98 Å². The summed E-state index contributed by atoms with van der Waals surface area (Å²) in [7, 11) is 0. The van der Waals surface area contributed by atoms with Gasteiger partial charge in [-0.3, -0.25) is 0 Å². The van der Waals surface area contributed by atoms with Crippen molar-refractivity contribution in [2.75, 3.05) is 0 Å². The van der Waals surface area contributed by atoms with Crippen molar-refractivity contribution in [3.05, 3.63) is 17.7 Å². The Morgan fingerprint density at radius 2 is 1.71 bits per heavy atom. The molecule has 2 fully saturated rings. The molecule has 3 nitrogen and oxygen atoms in total. The van der Waals surface area contributed by atoms with Crippen LogP contribution in [0.3, 0.4) is 0 Å². The first-order valence-corrected chi connectivity index (χ1v) is 7.13. The van der Waals surface area contributed by atoms with Crippen LogP contribution in [0.5, 0.6) is 0 Å². The lowest BCUT2D eigenvalue weighted by Gasteiger charge is -2.24. The molecule has 0 aliphatic heterocycles. The van der Waals surface area contributed by atoms with Crippen LogP contribution in [0.1, 0.15) is 74.7 Å². The molecule has 2 aliphatic rings. The highest BCUT2D eigenvalue weighted by atomic mass is 14.9. The smallest absolute Gasteiger partial charge is 0.109 e. The Hall–Kier alpha value is -0.830. The fourth-order valence-electron chi connectivity index (χ4n) is 3.40. The zero-order chi connectivity index (χ0) is 11.7. The monoisotopic (exact) mass is 233 g/mol. The van der Waals surface area contributed by atoms with Crippen LogP contribution in [0, 0.1) is 0 Å². The van der Waals surface area contributed by atoms with Crippen LogP contribution in [-0.4, -0.2) is 16.0 Å². The van der Waals surface area contributed by atoms with Gasteiger partial charge in [0.1, 0.15) is 5.82 Å². The van der Waals surface area contributed by atoms with Crippen LogP contribution >= 0.6 is 0 Å². The van der Waals surface area contributed by atoms with E-state index in [-0.39, 0.29) is 0 Å². The maximum absolute atomic E-state index is 5.95. The minimum atomic E-state index is 0.426.